The third kappa shape index (κ3) is 3.35. The Morgan fingerprint density at radius 2 is 1.79 bits per heavy atom. The van der Waals surface area contributed by atoms with E-state index in [-0.39, 0.29) is 30.2 Å². The summed E-state index contributed by atoms with van der Waals surface area (Å²) in [5, 5.41) is 36.8. The number of benzene rings is 2. The van der Waals surface area contributed by atoms with Crippen molar-refractivity contribution in [1.29, 1.82) is 0 Å². The summed E-state index contributed by atoms with van der Waals surface area (Å²) in [5.74, 6) is -0.303. The molecule has 10 heteroatoms. The summed E-state index contributed by atoms with van der Waals surface area (Å²) in [4.78, 5) is 12.9. The lowest BCUT2D eigenvalue weighted by Crippen LogP contribution is -2.43. The van der Waals surface area contributed by atoms with Crippen LogP contribution in [-0.4, -0.2) is 27.6 Å². The first kappa shape index (κ1) is 18.4. The molecule has 0 bridgehead atoms. The van der Waals surface area contributed by atoms with E-state index in [0.717, 1.165) is 4.73 Å². The molecule has 0 aliphatic heterocycles. The second-order valence-corrected chi connectivity index (χ2v) is 6.38. The summed E-state index contributed by atoms with van der Waals surface area (Å²) < 4.78 is 6.31. The van der Waals surface area contributed by atoms with Crippen LogP contribution in [0.2, 0.25) is 0 Å². The van der Waals surface area contributed by atoms with Crippen molar-refractivity contribution in [3.8, 4) is 0 Å². The van der Waals surface area contributed by atoms with E-state index in [1.165, 1.54) is 4.80 Å². The molecular formula is C19H18N6O4. The fraction of sp³-hybridized carbons (Fsp3) is 0.211. The van der Waals surface area contributed by atoms with Gasteiger partial charge in [-0.05, 0) is 25.1 Å². The molecule has 29 heavy (non-hydrogen) atoms. The van der Waals surface area contributed by atoms with E-state index in [1.54, 1.807) is 56.3 Å². The fourth-order valence-electron chi connectivity index (χ4n) is 3.06. The second kappa shape index (κ2) is 7.23. The largest absolute Gasteiger partial charge is 0.710 e. The van der Waals surface area contributed by atoms with Crippen molar-refractivity contribution in [3.05, 3.63) is 58.6 Å². The number of rotatable bonds is 5. The second-order valence-electron chi connectivity index (χ2n) is 6.38. The first-order valence-electron chi connectivity index (χ1n) is 9.00. The first-order valence-corrected chi connectivity index (χ1v) is 9.00. The molecule has 0 fully saturated rings. The Morgan fingerprint density at radius 1 is 1.10 bits per heavy atom. The molecule has 1 N–H and O–H groups in total. The number of para-hydroxylation sites is 2. The number of esters is 1. The average Bonchev–Trinajstić information content (AvgIpc) is 3.11. The molecule has 0 saturated carbocycles. The first-order chi connectivity index (χ1) is 14.0. The number of hydrogen-bond acceptors (Lipinski definition) is 7. The Labute approximate surface area is 165 Å². The highest BCUT2D eigenvalue weighted by Gasteiger charge is 2.23. The van der Waals surface area contributed by atoms with Gasteiger partial charge >= 0.3 is 11.8 Å². The quantitative estimate of drug-likeness (QED) is 0.309. The number of nitrogens with zero attached hydrogens (tertiary/aromatic N) is 5. The van der Waals surface area contributed by atoms with E-state index in [0.29, 0.717) is 27.0 Å². The minimum absolute atomic E-state index is 0.0915. The van der Waals surface area contributed by atoms with Gasteiger partial charge in [-0.2, -0.15) is 19.7 Å². The maximum absolute atomic E-state index is 12.8. The number of carbonyl (C=O) groups is 1. The highest BCUT2D eigenvalue weighted by Crippen LogP contribution is 2.21. The average molecular weight is 394 g/mol. The van der Waals surface area contributed by atoms with Crippen LogP contribution >= 0.6 is 0 Å². The number of hydrogen-bond donors (Lipinski definition) is 1. The number of fused-ring (bicyclic) bond motifs is 2. The summed E-state index contributed by atoms with van der Waals surface area (Å²) in [5.41, 5.74) is 2.47. The minimum Gasteiger partial charge on any atom is -0.710 e. The Bertz CT molecular complexity index is 1240. The Hall–Kier alpha value is -3.95. The van der Waals surface area contributed by atoms with E-state index < -0.39 is 5.97 Å². The van der Waals surface area contributed by atoms with Crippen molar-refractivity contribution in [2.24, 2.45) is 0 Å². The topological polar surface area (TPSA) is 123 Å². The highest BCUT2D eigenvalue weighted by molar-refractivity contribution is 5.80. The summed E-state index contributed by atoms with van der Waals surface area (Å²) in [7, 11) is 0. The highest BCUT2D eigenvalue weighted by atomic mass is 16.5. The van der Waals surface area contributed by atoms with Crippen LogP contribution in [0, 0.1) is 17.3 Å². The van der Waals surface area contributed by atoms with Crippen molar-refractivity contribution in [2.75, 3.05) is 11.9 Å². The van der Waals surface area contributed by atoms with Crippen LogP contribution in [-0.2, 0) is 16.1 Å². The van der Waals surface area contributed by atoms with Gasteiger partial charge in [-0.15, -0.1) is 0 Å². The smallest absolute Gasteiger partial charge is 0.352 e. The molecule has 2 aromatic heterocycles. The predicted molar refractivity (Wildman–Crippen MR) is 104 cm³/mol. The molecule has 0 unspecified atom stereocenters. The maximum Gasteiger partial charge on any atom is 0.352 e. The predicted octanol–water partition coefficient (Wildman–Crippen LogP) is 1.47. The monoisotopic (exact) mass is 394 g/mol. The number of carbonyl (C=O) groups excluding carboxylic acids is 1. The van der Waals surface area contributed by atoms with E-state index in [2.05, 4.69) is 15.5 Å². The SMILES string of the molecule is CCOC(=O)Cn1nc2ccc(Nc3c(C)[n+]([O-])c4ccccc4[n+]3[O-])cc2n1. The lowest BCUT2D eigenvalue weighted by molar-refractivity contribution is -0.623. The summed E-state index contributed by atoms with van der Waals surface area (Å²) >= 11 is 0. The molecule has 0 amide bonds. The van der Waals surface area contributed by atoms with Gasteiger partial charge in [0, 0.05) is 19.1 Å². The number of anilines is 2. The van der Waals surface area contributed by atoms with Gasteiger partial charge in [0.05, 0.1) is 6.61 Å². The fourth-order valence-corrected chi connectivity index (χ4v) is 3.06. The zero-order chi connectivity index (χ0) is 20.5. The van der Waals surface area contributed by atoms with Crippen LogP contribution in [0.3, 0.4) is 0 Å². The summed E-state index contributed by atoms with van der Waals surface area (Å²) in [6.07, 6.45) is 0. The van der Waals surface area contributed by atoms with Gasteiger partial charge in [0.25, 0.3) is 11.2 Å². The van der Waals surface area contributed by atoms with Gasteiger partial charge < -0.3 is 15.2 Å². The third-order valence-electron chi connectivity index (χ3n) is 4.43. The van der Waals surface area contributed by atoms with Crippen molar-refractivity contribution in [2.45, 2.75) is 20.4 Å². The van der Waals surface area contributed by atoms with E-state index >= 15 is 0 Å². The Balaban J connectivity index is 1.68. The van der Waals surface area contributed by atoms with Gasteiger partial charge in [-0.3, -0.25) is 0 Å². The summed E-state index contributed by atoms with van der Waals surface area (Å²) in [6, 6.07) is 11.7. The number of ether oxygens (including phenoxy) is 1. The van der Waals surface area contributed by atoms with Crippen molar-refractivity contribution >= 4 is 39.5 Å². The van der Waals surface area contributed by atoms with E-state index in [1.807, 2.05) is 0 Å². The van der Waals surface area contributed by atoms with Crippen LogP contribution in [0.15, 0.2) is 42.5 Å². The molecular weight excluding hydrogens is 376 g/mol. The van der Waals surface area contributed by atoms with Gasteiger partial charge in [0.2, 0.25) is 5.52 Å². The standard InChI is InChI=1S/C19H18N6O4/c1-3-29-18(26)11-23-21-14-9-8-13(10-15(14)22-23)20-19-12(2)24(27)16-6-4-5-7-17(16)25(19)28/h4-10,20H,3,11H2,1-2H3. The van der Waals surface area contributed by atoms with Crippen molar-refractivity contribution in [1.82, 2.24) is 15.0 Å². The minimum atomic E-state index is -0.426. The lowest BCUT2D eigenvalue weighted by atomic mass is 10.2. The molecule has 0 saturated heterocycles. The number of aromatic nitrogens is 5. The zero-order valence-corrected chi connectivity index (χ0v) is 15.8. The van der Waals surface area contributed by atoms with Crippen LogP contribution in [0.25, 0.3) is 22.1 Å². The lowest BCUT2D eigenvalue weighted by Gasteiger charge is -2.14. The van der Waals surface area contributed by atoms with Crippen LogP contribution in [0.5, 0.6) is 0 Å². The molecule has 0 radical (unpaired) electrons. The van der Waals surface area contributed by atoms with Gasteiger partial charge in [0.1, 0.15) is 16.7 Å². The number of nitrogens with one attached hydrogen (secondary N) is 1. The zero-order valence-electron chi connectivity index (χ0n) is 15.8. The Morgan fingerprint density at radius 3 is 2.52 bits per heavy atom. The van der Waals surface area contributed by atoms with Crippen molar-refractivity contribution in [3.63, 3.8) is 0 Å². The van der Waals surface area contributed by atoms with E-state index in [9.17, 15) is 15.2 Å². The van der Waals surface area contributed by atoms with Crippen LogP contribution in [0.4, 0.5) is 11.5 Å². The Kier molecular flexibility index (Phi) is 4.59. The molecule has 0 aliphatic rings. The summed E-state index contributed by atoms with van der Waals surface area (Å²) in [6.45, 7) is 3.50. The van der Waals surface area contributed by atoms with Crippen LogP contribution < -0.4 is 14.8 Å². The van der Waals surface area contributed by atoms with Gasteiger partial charge in [-0.25, -0.2) is 14.8 Å². The van der Waals surface area contributed by atoms with Gasteiger partial charge in [-0.1, -0.05) is 12.1 Å². The molecule has 4 aromatic rings. The normalized spacial score (nSPS) is 11.1. The molecule has 148 valence electrons. The third-order valence-corrected chi connectivity index (χ3v) is 4.43. The van der Waals surface area contributed by atoms with E-state index in [4.69, 9.17) is 4.74 Å². The molecule has 10 nitrogen and oxygen atoms in total. The van der Waals surface area contributed by atoms with Crippen LogP contribution in [0.1, 0.15) is 12.6 Å². The molecule has 2 heterocycles. The maximum atomic E-state index is 12.8. The molecule has 0 atom stereocenters. The molecule has 0 aliphatic carbocycles. The molecule has 0 spiro atoms. The van der Waals surface area contributed by atoms with Gasteiger partial charge in [0.15, 0.2) is 6.54 Å². The van der Waals surface area contributed by atoms with Crippen molar-refractivity contribution < 1.29 is 19.0 Å². The molecule has 2 aromatic carbocycles. The molecule has 4 rings (SSSR count).